The van der Waals surface area contributed by atoms with Gasteiger partial charge in [0.25, 0.3) is 0 Å². The number of nitrogens with one attached hydrogen (secondary N) is 1. The van der Waals surface area contributed by atoms with Gasteiger partial charge in [0.1, 0.15) is 5.60 Å². The van der Waals surface area contributed by atoms with E-state index in [1.54, 1.807) is 0 Å². The van der Waals surface area contributed by atoms with Crippen LogP contribution in [0.25, 0.3) is 0 Å². The summed E-state index contributed by atoms with van der Waals surface area (Å²) in [6.07, 6.45) is 4.31. The summed E-state index contributed by atoms with van der Waals surface area (Å²) in [5.41, 5.74) is 0.487. The van der Waals surface area contributed by atoms with Crippen LogP contribution < -0.4 is 5.32 Å². The minimum atomic E-state index is -0.455. The Morgan fingerprint density at radius 1 is 1.10 bits per heavy atom. The number of hydrogen-bond acceptors (Lipinski definition) is 4. The zero-order valence-electron chi connectivity index (χ0n) is 18.3. The fraction of sp³-hybridized carbons (Fsp3) is 0.652. The molecule has 166 valence electrons. The lowest BCUT2D eigenvalue weighted by Crippen LogP contribution is -2.54. The highest BCUT2D eigenvalue weighted by molar-refractivity contribution is 6.30. The summed E-state index contributed by atoms with van der Waals surface area (Å²) in [7, 11) is 0. The topological polar surface area (TPSA) is 61.9 Å². The summed E-state index contributed by atoms with van der Waals surface area (Å²) in [6, 6.07) is 8.24. The van der Waals surface area contributed by atoms with Crippen molar-refractivity contribution in [1.29, 1.82) is 0 Å². The van der Waals surface area contributed by atoms with Crippen molar-refractivity contribution in [3.8, 4) is 0 Å². The molecule has 0 aromatic heterocycles. The third-order valence-electron chi connectivity index (χ3n) is 5.80. The van der Waals surface area contributed by atoms with Crippen molar-refractivity contribution >= 4 is 23.6 Å². The number of benzene rings is 1. The lowest BCUT2D eigenvalue weighted by Gasteiger charge is -2.42. The van der Waals surface area contributed by atoms with Crippen molar-refractivity contribution in [2.45, 2.75) is 70.6 Å². The molecule has 1 saturated carbocycles. The molecule has 3 rings (SSSR count). The van der Waals surface area contributed by atoms with Crippen molar-refractivity contribution in [2.24, 2.45) is 0 Å². The van der Waals surface area contributed by atoms with Crippen molar-refractivity contribution in [1.82, 2.24) is 15.1 Å². The van der Waals surface area contributed by atoms with E-state index in [1.165, 1.54) is 0 Å². The van der Waals surface area contributed by atoms with E-state index in [4.69, 9.17) is 16.3 Å². The average Bonchev–Trinajstić information content (AvgIpc) is 2.67. The monoisotopic (exact) mass is 435 g/mol. The first-order valence-electron chi connectivity index (χ1n) is 11.0. The van der Waals surface area contributed by atoms with E-state index in [2.05, 4.69) is 10.2 Å². The van der Waals surface area contributed by atoms with E-state index < -0.39 is 5.60 Å². The van der Waals surface area contributed by atoms with Crippen LogP contribution in [0, 0.1) is 0 Å². The number of carbonyl (C=O) groups excluding carboxylic acids is 2. The number of hydrogen-bond donors (Lipinski definition) is 1. The van der Waals surface area contributed by atoms with Gasteiger partial charge in [-0.1, -0.05) is 23.7 Å². The number of amides is 2. The molecule has 2 amide bonds. The van der Waals surface area contributed by atoms with Gasteiger partial charge < -0.3 is 15.0 Å². The van der Waals surface area contributed by atoms with Crippen LogP contribution in [0.4, 0.5) is 4.79 Å². The first kappa shape index (κ1) is 22.9. The molecule has 6 nitrogen and oxygen atoms in total. The normalized spacial score (nSPS) is 23.1. The molecule has 1 aliphatic carbocycles. The number of carbonyl (C=O) groups is 2. The largest absolute Gasteiger partial charge is 0.444 e. The second-order valence-electron chi connectivity index (χ2n) is 9.38. The zero-order chi connectivity index (χ0) is 21.7. The van der Waals surface area contributed by atoms with E-state index in [1.807, 2.05) is 49.9 Å². The molecule has 7 heteroatoms. The Labute approximate surface area is 184 Å². The van der Waals surface area contributed by atoms with Gasteiger partial charge in [-0.25, -0.2) is 4.79 Å². The minimum Gasteiger partial charge on any atom is -0.444 e. The predicted octanol–water partition coefficient (Wildman–Crippen LogP) is 3.86. The lowest BCUT2D eigenvalue weighted by atomic mass is 9.89. The summed E-state index contributed by atoms with van der Waals surface area (Å²) in [5, 5.41) is 3.84. The Balaban J connectivity index is 1.37. The Morgan fingerprint density at radius 2 is 1.77 bits per heavy atom. The Bertz CT molecular complexity index is 733. The molecule has 1 N–H and O–H groups in total. The summed E-state index contributed by atoms with van der Waals surface area (Å²) < 4.78 is 5.48. The van der Waals surface area contributed by atoms with E-state index in [0.29, 0.717) is 30.6 Å². The van der Waals surface area contributed by atoms with Crippen LogP contribution in [0.15, 0.2) is 24.3 Å². The summed E-state index contributed by atoms with van der Waals surface area (Å²) in [6.45, 7) is 8.88. The Hall–Kier alpha value is -1.79. The highest BCUT2D eigenvalue weighted by atomic mass is 35.5. The molecule has 1 saturated heterocycles. The van der Waals surface area contributed by atoms with E-state index in [-0.39, 0.29) is 18.0 Å². The van der Waals surface area contributed by atoms with Crippen molar-refractivity contribution in [3.63, 3.8) is 0 Å². The van der Waals surface area contributed by atoms with Crippen LogP contribution in [0.5, 0.6) is 0 Å². The third-order valence-corrected chi connectivity index (χ3v) is 6.03. The molecular formula is C23H34ClN3O3. The van der Waals surface area contributed by atoms with Crippen molar-refractivity contribution in [3.05, 3.63) is 34.9 Å². The van der Waals surface area contributed by atoms with Crippen LogP contribution in [0.2, 0.25) is 5.02 Å². The molecule has 0 atom stereocenters. The molecule has 0 spiro atoms. The molecular weight excluding hydrogens is 402 g/mol. The van der Waals surface area contributed by atoms with Gasteiger partial charge in [-0.3, -0.25) is 9.69 Å². The quantitative estimate of drug-likeness (QED) is 0.779. The van der Waals surface area contributed by atoms with Gasteiger partial charge >= 0.3 is 6.09 Å². The maximum atomic E-state index is 12.4. The van der Waals surface area contributed by atoms with Crippen LogP contribution in [0.3, 0.4) is 0 Å². The van der Waals surface area contributed by atoms with Gasteiger partial charge in [0.15, 0.2) is 0 Å². The molecule has 0 radical (unpaired) electrons. The Kier molecular flexibility index (Phi) is 7.64. The van der Waals surface area contributed by atoms with Crippen LogP contribution in [-0.2, 0) is 16.0 Å². The van der Waals surface area contributed by atoms with E-state index >= 15 is 0 Å². The fourth-order valence-corrected chi connectivity index (χ4v) is 4.51. The summed E-state index contributed by atoms with van der Waals surface area (Å²) in [4.78, 5) is 28.9. The smallest absolute Gasteiger partial charge is 0.410 e. The zero-order valence-corrected chi connectivity index (χ0v) is 19.1. The SMILES string of the molecule is CC(C)(C)OC(=O)N1CCN(C2CCC(NC(=O)Cc3cccc(Cl)c3)CC2)CC1. The molecule has 1 aromatic rings. The second kappa shape index (κ2) is 10.0. The first-order valence-corrected chi connectivity index (χ1v) is 11.3. The molecule has 1 aromatic carbocycles. The molecule has 1 aliphatic heterocycles. The van der Waals surface area contributed by atoms with Gasteiger partial charge in [0.2, 0.25) is 5.91 Å². The molecule has 30 heavy (non-hydrogen) atoms. The van der Waals surface area contributed by atoms with E-state index in [0.717, 1.165) is 44.3 Å². The predicted molar refractivity (Wildman–Crippen MR) is 119 cm³/mol. The minimum absolute atomic E-state index is 0.0618. The van der Waals surface area contributed by atoms with Crippen molar-refractivity contribution in [2.75, 3.05) is 26.2 Å². The third kappa shape index (κ3) is 6.88. The van der Waals surface area contributed by atoms with Crippen molar-refractivity contribution < 1.29 is 14.3 Å². The fourth-order valence-electron chi connectivity index (χ4n) is 4.29. The van der Waals surface area contributed by atoms with Gasteiger partial charge in [-0.05, 0) is 64.2 Å². The standard InChI is InChI=1S/C23H34ClN3O3/c1-23(2,3)30-22(29)27-13-11-26(12-14-27)20-9-7-19(8-10-20)25-21(28)16-17-5-4-6-18(24)15-17/h4-6,15,19-20H,7-14,16H2,1-3H3,(H,25,28). The number of ether oxygens (including phenoxy) is 1. The molecule has 2 aliphatic rings. The van der Waals surface area contributed by atoms with Crippen LogP contribution in [0.1, 0.15) is 52.0 Å². The Morgan fingerprint density at radius 3 is 2.37 bits per heavy atom. The number of halogens is 1. The highest BCUT2D eigenvalue weighted by Crippen LogP contribution is 2.25. The molecule has 2 fully saturated rings. The van der Waals surface area contributed by atoms with Gasteiger partial charge in [-0.15, -0.1) is 0 Å². The number of rotatable bonds is 4. The molecule has 1 heterocycles. The van der Waals surface area contributed by atoms with Gasteiger partial charge in [-0.2, -0.15) is 0 Å². The highest BCUT2D eigenvalue weighted by Gasteiger charge is 2.31. The summed E-state index contributed by atoms with van der Waals surface area (Å²) >= 11 is 6.00. The van der Waals surface area contributed by atoms with E-state index in [9.17, 15) is 9.59 Å². The van der Waals surface area contributed by atoms with Crippen LogP contribution >= 0.6 is 11.6 Å². The summed E-state index contributed by atoms with van der Waals surface area (Å²) in [5.74, 6) is 0.0618. The first-order chi connectivity index (χ1) is 14.2. The maximum absolute atomic E-state index is 12.4. The molecule has 0 unspecified atom stereocenters. The second-order valence-corrected chi connectivity index (χ2v) is 9.82. The van der Waals surface area contributed by atoms with Crippen LogP contribution in [-0.4, -0.2) is 65.7 Å². The average molecular weight is 436 g/mol. The van der Waals surface area contributed by atoms with Gasteiger partial charge in [0, 0.05) is 43.3 Å². The van der Waals surface area contributed by atoms with Gasteiger partial charge in [0.05, 0.1) is 6.42 Å². The molecule has 0 bridgehead atoms. The number of nitrogens with zero attached hydrogens (tertiary/aromatic N) is 2. The number of piperazine rings is 1. The lowest BCUT2D eigenvalue weighted by molar-refractivity contribution is -0.121. The maximum Gasteiger partial charge on any atom is 0.410 e.